The molecule has 0 unspecified atom stereocenters. The molecule has 1 aliphatic carbocycles. The van der Waals surface area contributed by atoms with Crippen LogP contribution in [0.1, 0.15) is 46.0 Å². The Hall–Kier alpha value is -3.93. The summed E-state index contributed by atoms with van der Waals surface area (Å²) < 4.78 is 31.0. The topological polar surface area (TPSA) is 65.7 Å². The number of rotatable bonds is 6. The molecule has 1 heterocycles. The third-order valence-electron chi connectivity index (χ3n) is 6.23. The van der Waals surface area contributed by atoms with Crippen molar-refractivity contribution in [1.29, 1.82) is 0 Å². The number of hydrogen-bond donors (Lipinski definition) is 0. The molecule has 0 aliphatic heterocycles. The normalized spacial score (nSPS) is 13.8. The summed E-state index contributed by atoms with van der Waals surface area (Å²) in [5.41, 5.74) is 2.69. The zero-order valence-electron chi connectivity index (χ0n) is 18.7. The number of Topliss-reactive ketones (excluding diaryl/α,β-unsaturated/α-hetero) is 1. The Balaban J connectivity index is 1.53. The SMILES string of the molecule is COc1ccc(C(=O)[C@H](Oc2ccc3c4c(c(=O)oc3c2)CCCC4)c2ccccc2)cc1F. The Morgan fingerprint density at radius 1 is 0.971 bits per heavy atom. The molecule has 1 atom stereocenters. The number of carbonyl (C=O) groups excluding carboxylic acids is 1. The van der Waals surface area contributed by atoms with Crippen LogP contribution in [0.2, 0.25) is 0 Å². The van der Waals surface area contributed by atoms with E-state index in [0.717, 1.165) is 48.3 Å². The van der Waals surface area contributed by atoms with E-state index in [4.69, 9.17) is 13.9 Å². The molecule has 0 radical (unpaired) electrons. The van der Waals surface area contributed by atoms with Gasteiger partial charge in [0.05, 0.1) is 7.11 Å². The van der Waals surface area contributed by atoms with E-state index in [1.54, 1.807) is 36.4 Å². The van der Waals surface area contributed by atoms with Crippen LogP contribution in [0.4, 0.5) is 4.39 Å². The number of halogens is 1. The van der Waals surface area contributed by atoms with Crippen LogP contribution < -0.4 is 15.1 Å². The highest BCUT2D eigenvalue weighted by Crippen LogP contribution is 2.32. The van der Waals surface area contributed by atoms with Crippen molar-refractivity contribution in [2.24, 2.45) is 0 Å². The molecule has 4 aromatic rings. The van der Waals surface area contributed by atoms with E-state index in [9.17, 15) is 14.0 Å². The summed E-state index contributed by atoms with van der Waals surface area (Å²) in [5, 5.41) is 0.890. The summed E-state index contributed by atoms with van der Waals surface area (Å²) in [6.07, 6.45) is 2.57. The van der Waals surface area contributed by atoms with Crippen LogP contribution in [0.3, 0.4) is 0 Å². The van der Waals surface area contributed by atoms with Crippen LogP contribution in [0.15, 0.2) is 75.9 Å². The second-order valence-electron chi connectivity index (χ2n) is 8.33. The Morgan fingerprint density at radius 2 is 1.74 bits per heavy atom. The molecule has 5 rings (SSSR count). The van der Waals surface area contributed by atoms with Crippen LogP contribution in [-0.2, 0) is 12.8 Å². The molecule has 0 saturated carbocycles. The second kappa shape index (κ2) is 9.14. The smallest absolute Gasteiger partial charge is 0.339 e. The maximum Gasteiger partial charge on any atom is 0.339 e. The van der Waals surface area contributed by atoms with Crippen molar-refractivity contribution in [2.75, 3.05) is 7.11 Å². The van der Waals surface area contributed by atoms with Crippen molar-refractivity contribution in [3.8, 4) is 11.5 Å². The summed E-state index contributed by atoms with van der Waals surface area (Å²) >= 11 is 0. The minimum absolute atomic E-state index is 0.0571. The van der Waals surface area contributed by atoms with Crippen molar-refractivity contribution >= 4 is 16.8 Å². The monoisotopic (exact) mass is 458 g/mol. The predicted octanol–water partition coefficient (Wildman–Crippen LogP) is 5.82. The highest BCUT2D eigenvalue weighted by atomic mass is 19.1. The lowest BCUT2D eigenvalue weighted by Gasteiger charge is -2.20. The standard InChI is InChI=1S/C28H23FO5/c1-32-24-14-11-18(15-23(24)29)26(30)27(17-7-3-2-4-8-17)33-19-12-13-21-20-9-5-6-10-22(20)28(31)34-25(21)16-19/h2-4,7-8,11-16,27H,5-6,9-10H2,1H3/t27-/m1/s1. The van der Waals surface area contributed by atoms with Crippen molar-refractivity contribution in [1.82, 2.24) is 0 Å². The van der Waals surface area contributed by atoms with E-state index in [2.05, 4.69) is 0 Å². The minimum Gasteiger partial charge on any atom is -0.494 e. The summed E-state index contributed by atoms with van der Waals surface area (Å²) in [7, 11) is 1.37. The molecule has 1 aliphatic rings. The summed E-state index contributed by atoms with van der Waals surface area (Å²) in [6.45, 7) is 0. The summed E-state index contributed by atoms with van der Waals surface area (Å²) in [5.74, 6) is -0.596. The fourth-order valence-corrected chi connectivity index (χ4v) is 4.51. The molecule has 3 aromatic carbocycles. The maximum atomic E-state index is 14.3. The van der Waals surface area contributed by atoms with Gasteiger partial charge in [-0.15, -0.1) is 0 Å². The van der Waals surface area contributed by atoms with Crippen molar-refractivity contribution in [2.45, 2.75) is 31.8 Å². The van der Waals surface area contributed by atoms with Crippen LogP contribution in [0.25, 0.3) is 11.0 Å². The first-order valence-corrected chi connectivity index (χ1v) is 11.2. The number of aryl methyl sites for hydroxylation is 1. The molecule has 34 heavy (non-hydrogen) atoms. The quantitative estimate of drug-likeness (QED) is 0.269. The molecule has 5 nitrogen and oxygen atoms in total. The summed E-state index contributed by atoms with van der Waals surface area (Å²) in [4.78, 5) is 25.9. The number of benzene rings is 3. The van der Waals surface area contributed by atoms with E-state index in [0.29, 0.717) is 16.9 Å². The Kier molecular flexibility index (Phi) is 5.88. The van der Waals surface area contributed by atoms with Crippen LogP contribution >= 0.6 is 0 Å². The molecule has 0 amide bonds. The van der Waals surface area contributed by atoms with Crippen molar-refractivity contribution < 1.29 is 23.1 Å². The van der Waals surface area contributed by atoms with Gasteiger partial charge >= 0.3 is 5.63 Å². The van der Waals surface area contributed by atoms with Crippen LogP contribution in [0, 0.1) is 5.82 Å². The molecule has 0 bridgehead atoms. The average Bonchev–Trinajstić information content (AvgIpc) is 2.87. The Labute approximate surface area is 195 Å². The van der Waals surface area contributed by atoms with Gasteiger partial charge in [0.15, 0.2) is 17.7 Å². The van der Waals surface area contributed by atoms with E-state index in [-0.39, 0.29) is 16.9 Å². The first-order valence-electron chi connectivity index (χ1n) is 11.2. The number of hydrogen-bond acceptors (Lipinski definition) is 5. The molecule has 172 valence electrons. The molecular weight excluding hydrogens is 435 g/mol. The lowest BCUT2D eigenvalue weighted by atomic mass is 9.91. The number of carbonyl (C=O) groups is 1. The van der Waals surface area contributed by atoms with Gasteiger partial charge in [0.2, 0.25) is 5.78 Å². The van der Waals surface area contributed by atoms with Crippen LogP contribution in [-0.4, -0.2) is 12.9 Å². The van der Waals surface area contributed by atoms with E-state index < -0.39 is 17.7 Å². The number of methoxy groups -OCH3 is 1. The molecule has 6 heteroatoms. The van der Waals surface area contributed by atoms with Gasteiger partial charge in [0.1, 0.15) is 11.3 Å². The molecular formula is C28H23FO5. The summed E-state index contributed by atoms with van der Waals surface area (Å²) in [6, 6.07) is 18.4. The Bertz CT molecular complexity index is 1420. The third kappa shape index (κ3) is 4.07. The zero-order chi connectivity index (χ0) is 23.7. The number of fused-ring (bicyclic) bond motifs is 3. The minimum atomic E-state index is -1.02. The number of ether oxygens (including phenoxy) is 2. The van der Waals surface area contributed by atoms with Gasteiger partial charge in [-0.1, -0.05) is 30.3 Å². The highest BCUT2D eigenvalue weighted by Gasteiger charge is 2.26. The van der Waals surface area contributed by atoms with Gasteiger partial charge in [-0.25, -0.2) is 9.18 Å². The first kappa shape index (κ1) is 21.9. The molecule has 0 fully saturated rings. The maximum absolute atomic E-state index is 14.3. The largest absolute Gasteiger partial charge is 0.494 e. The van der Waals surface area contributed by atoms with Crippen molar-refractivity contribution in [3.63, 3.8) is 0 Å². The van der Waals surface area contributed by atoms with Gasteiger partial charge in [-0.3, -0.25) is 4.79 Å². The fraction of sp³-hybridized carbons (Fsp3) is 0.214. The van der Waals surface area contributed by atoms with E-state index >= 15 is 0 Å². The van der Waals surface area contributed by atoms with E-state index in [1.165, 1.54) is 19.2 Å². The van der Waals surface area contributed by atoms with Crippen molar-refractivity contribution in [3.05, 3.63) is 105 Å². The molecule has 0 saturated heterocycles. The second-order valence-corrected chi connectivity index (χ2v) is 8.33. The van der Waals surface area contributed by atoms with Gasteiger partial charge in [-0.2, -0.15) is 0 Å². The van der Waals surface area contributed by atoms with Crippen LogP contribution in [0.5, 0.6) is 11.5 Å². The van der Waals surface area contributed by atoms with Gasteiger partial charge in [0.25, 0.3) is 0 Å². The highest BCUT2D eigenvalue weighted by molar-refractivity contribution is 6.00. The zero-order valence-corrected chi connectivity index (χ0v) is 18.7. The molecule has 0 spiro atoms. The molecule has 0 N–H and O–H groups in total. The lowest BCUT2D eigenvalue weighted by molar-refractivity contribution is 0.0792. The average molecular weight is 458 g/mol. The van der Waals surface area contributed by atoms with Gasteiger partial charge < -0.3 is 13.9 Å². The lowest BCUT2D eigenvalue weighted by Crippen LogP contribution is -2.19. The van der Waals surface area contributed by atoms with Gasteiger partial charge in [-0.05, 0) is 61.6 Å². The first-order chi connectivity index (χ1) is 16.5. The Morgan fingerprint density at radius 3 is 2.47 bits per heavy atom. The van der Waals surface area contributed by atoms with E-state index in [1.807, 2.05) is 12.1 Å². The fourth-order valence-electron chi connectivity index (χ4n) is 4.51. The predicted molar refractivity (Wildman–Crippen MR) is 126 cm³/mol. The third-order valence-corrected chi connectivity index (χ3v) is 6.23. The van der Waals surface area contributed by atoms with Gasteiger partial charge in [0, 0.05) is 28.1 Å². The molecule has 1 aromatic heterocycles. The number of ketones is 1.